The molecule has 0 N–H and O–H groups in total. The maximum atomic E-state index is 11.9. The molecule has 3 aliphatic heterocycles. The number of benzene rings is 1. The van der Waals surface area contributed by atoms with E-state index in [9.17, 15) is 4.79 Å². The summed E-state index contributed by atoms with van der Waals surface area (Å²) in [4.78, 5) is 29.5. The van der Waals surface area contributed by atoms with Crippen LogP contribution in [0.1, 0.15) is 58.0 Å². The van der Waals surface area contributed by atoms with Crippen LogP contribution >= 0.6 is 23.6 Å². The van der Waals surface area contributed by atoms with Gasteiger partial charge in [0.25, 0.3) is 0 Å². The molecule has 0 radical (unpaired) electrons. The fourth-order valence-corrected chi connectivity index (χ4v) is 6.81. The number of carbonyl (C=O) groups is 1. The largest absolute Gasteiger partial charge is 0.371 e. The van der Waals surface area contributed by atoms with Crippen molar-refractivity contribution in [1.82, 2.24) is 14.8 Å². The molecule has 2 saturated heterocycles. The lowest BCUT2D eigenvalue weighted by molar-refractivity contribution is -0.130. The summed E-state index contributed by atoms with van der Waals surface area (Å²) < 4.78 is 1.18. The number of piperazine rings is 1. The lowest BCUT2D eigenvalue weighted by atomic mass is 9.87. The molecule has 36 heavy (non-hydrogen) atoms. The van der Waals surface area contributed by atoms with Gasteiger partial charge in [0.05, 0.1) is 15.2 Å². The van der Waals surface area contributed by atoms with Crippen LogP contribution in [0.4, 0.5) is 5.69 Å². The van der Waals surface area contributed by atoms with Gasteiger partial charge in [-0.25, -0.2) is 4.98 Å². The summed E-state index contributed by atoms with van der Waals surface area (Å²) in [6.45, 7) is 15.6. The Labute approximate surface area is 224 Å². The van der Waals surface area contributed by atoms with Crippen LogP contribution in [0.15, 0.2) is 29.3 Å². The zero-order chi connectivity index (χ0) is 25.7. The van der Waals surface area contributed by atoms with Crippen molar-refractivity contribution < 1.29 is 4.79 Å². The van der Waals surface area contributed by atoms with Crippen LogP contribution < -0.4 is 4.90 Å². The Kier molecular flexibility index (Phi) is 6.70. The fraction of sp³-hybridized carbons (Fsp3) is 0.571. The number of aliphatic imine (C=N–C) groups is 1. The molecule has 192 valence electrons. The smallest absolute Gasteiger partial charge is 0.219 e. The molecule has 2 fully saturated rings. The number of fused-ring (bicyclic) bond motifs is 1. The molecule has 1 atom stereocenters. The standard InChI is InChI=1S/C28H37N5OS2/c1-19-7-11-32(12-8-19)23-18-22-24(36-25(30-22)27(3,4)5)17-21(23)28(9-6-10-29-28)26(35)33-15-13-31(14-16-33)20(2)34/h6,9-10,17-19H,7-8,11-16H2,1-5H3. The Morgan fingerprint density at radius 2 is 1.75 bits per heavy atom. The number of nitrogens with zero attached hydrogens (tertiary/aromatic N) is 5. The summed E-state index contributed by atoms with van der Waals surface area (Å²) in [6, 6.07) is 4.59. The highest BCUT2D eigenvalue weighted by Crippen LogP contribution is 2.44. The molecule has 5 rings (SSSR count). The van der Waals surface area contributed by atoms with E-state index >= 15 is 0 Å². The van der Waals surface area contributed by atoms with E-state index in [0.29, 0.717) is 13.1 Å². The summed E-state index contributed by atoms with van der Waals surface area (Å²) in [7, 11) is 0. The molecule has 0 aliphatic carbocycles. The highest BCUT2D eigenvalue weighted by Gasteiger charge is 2.42. The van der Waals surface area contributed by atoms with Crippen LogP contribution in [0.5, 0.6) is 0 Å². The van der Waals surface area contributed by atoms with Crippen molar-refractivity contribution in [2.45, 2.75) is 58.4 Å². The molecule has 3 aliphatic rings. The molecule has 0 spiro atoms. The van der Waals surface area contributed by atoms with Crippen molar-refractivity contribution in [3.05, 3.63) is 34.9 Å². The number of hydrogen-bond donors (Lipinski definition) is 0. The van der Waals surface area contributed by atoms with Crippen LogP contribution in [0.2, 0.25) is 0 Å². The number of thiazole rings is 1. The highest BCUT2D eigenvalue weighted by molar-refractivity contribution is 7.80. The van der Waals surface area contributed by atoms with Crippen LogP contribution in [-0.2, 0) is 15.7 Å². The van der Waals surface area contributed by atoms with Gasteiger partial charge in [-0.15, -0.1) is 11.3 Å². The zero-order valence-corrected chi connectivity index (χ0v) is 23.7. The van der Waals surface area contributed by atoms with Crippen molar-refractivity contribution in [2.24, 2.45) is 10.9 Å². The minimum absolute atomic E-state index is 0.000636. The normalized spacial score (nSPS) is 23.2. The average Bonchev–Trinajstić information content (AvgIpc) is 3.51. The minimum atomic E-state index is -0.716. The van der Waals surface area contributed by atoms with Gasteiger partial charge >= 0.3 is 0 Å². The SMILES string of the molecule is CC(=O)N1CCN(C(=S)C2(c3cc4sc(C(C)(C)C)nc4cc3N3CCC(C)CC3)C=CC=N2)CC1. The van der Waals surface area contributed by atoms with Gasteiger partial charge in [-0.1, -0.05) is 39.9 Å². The first kappa shape index (κ1) is 25.3. The molecule has 0 saturated carbocycles. The molecule has 8 heteroatoms. The van der Waals surface area contributed by atoms with Gasteiger partial charge < -0.3 is 14.7 Å². The monoisotopic (exact) mass is 523 g/mol. The van der Waals surface area contributed by atoms with Gasteiger partial charge in [-0.05, 0) is 43.0 Å². The molecular formula is C28H37N5OS2. The van der Waals surface area contributed by atoms with E-state index in [2.05, 4.69) is 55.7 Å². The third kappa shape index (κ3) is 4.58. The molecule has 0 bridgehead atoms. The van der Waals surface area contributed by atoms with Crippen molar-refractivity contribution in [2.75, 3.05) is 44.2 Å². The first-order valence-electron chi connectivity index (χ1n) is 13.1. The number of allylic oxidation sites excluding steroid dienone is 1. The van der Waals surface area contributed by atoms with E-state index in [1.165, 1.54) is 23.2 Å². The van der Waals surface area contributed by atoms with Gasteiger partial charge in [-0.3, -0.25) is 9.79 Å². The number of rotatable bonds is 3. The summed E-state index contributed by atoms with van der Waals surface area (Å²) in [6.07, 6.45) is 8.45. The first-order valence-corrected chi connectivity index (χ1v) is 14.3. The number of piperidine rings is 1. The topological polar surface area (TPSA) is 52.0 Å². The molecule has 6 nitrogen and oxygen atoms in total. The van der Waals surface area contributed by atoms with Gasteiger partial charge in [0.15, 0.2) is 5.54 Å². The van der Waals surface area contributed by atoms with E-state index in [-0.39, 0.29) is 11.3 Å². The van der Waals surface area contributed by atoms with E-state index in [1.54, 1.807) is 18.3 Å². The Morgan fingerprint density at radius 3 is 2.33 bits per heavy atom. The summed E-state index contributed by atoms with van der Waals surface area (Å²) >= 11 is 8.00. The van der Waals surface area contributed by atoms with Gasteiger partial charge in [0.1, 0.15) is 4.99 Å². The second kappa shape index (κ2) is 9.53. The minimum Gasteiger partial charge on any atom is -0.371 e. The van der Waals surface area contributed by atoms with Crippen molar-refractivity contribution in [3.63, 3.8) is 0 Å². The zero-order valence-electron chi connectivity index (χ0n) is 22.1. The van der Waals surface area contributed by atoms with E-state index < -0.39 is 5.54 Å². The first-order chi connectivity index (χ1) is 17.1. The maximum absolute atomic E-state index is 11.9. The van der Waals surface area contributed by atoms with Crippen molar-refractivity contribution in [1.29, 1.82) is 0 Å². The maximum Gasteiger partial charge on any atom is 0.219 e. The van der Waals surface area contributed by atoms with E-state index in [1.807, 2.05) is 17.2 Å². The molecule has 1 amide bonds. The van der Waals surface area contributed by atoms with Gasteiger partial charge in [-0.2, -0.15) is 0 Å². The molecular weight excluding hydrogens is 486 g/mol. The Hall–Kier alpha value is -2.32. The molecule has 2 aromatic rings. The average molecular weight is 524 g/mol. The quantitative estimate of drug-likeness (QED) is 0.521. The summed E-state index contributed by atoms with van der Waals surface area (Å²) in [5.41, 5.74) is 2.70. The Morgan fingerprint density at radius 1 is 1.08 bits per heavy atom. The lowest BCUT2D eigenvalue weighted by Crippen LogP contribution is -2.53. The van der Waals surface area contributed by atoms with Crippen LogP contribution in [0, 0.1) is 5.92 Å². The fourth-order valence-electron chi connectivity index (χ4n) is 5.35. The predicted octanol–water partition coefficient (Wildman–Crippen LogP) is 5.16. The van der Waals surface area contributed by atoms with E-state index in [4.69, 9.17) is 22.2 Å². The number of anilines is 1. The second-order valence-corrected chi connectivity index (χ2v) is 12.9. The predicted molar refractivity (Wildman–Crippen MR) is 155 cm³/mol. The number of thiocarbonyl (C=S) groups is 1. The third-order valence-electron chi connectivity index (χ3n) is 7.72. The van der Waals surface area contributed by atoms with Crippen LogP contribution in [-0.4, -0.2) is 71.2 Å². The van der Waals surface area contributed by atoms with Crippen molar-refractivity contribution >= 4 is 56.6 Å². The number of amides is 1. The summed E-state index contributed by atoms with van der Waals surface area (Å²) in [5.74, 6) is 0.873. The Bertz CT molecular complexity index is 1210. The number of carbonyl (C=O) groups excluding carboxylic acids is 1. The third-order valence-corrected chi connectivity index (χ3v) is 9.74. The van der Waals surface area contributed by atoms with Gasteiger partial charge in [0, 0.05) is 69.1 Å². The molecule has 1 aromatic heterocycles. The van der Waals surface area contributed by atoms with Crippen LogP contribution in [0.25, 0.3) is 10.2 Å². The highest BCUT2D eigenvalue weighted by atomic mass is 32.1. The van der Waals surface area contributed by atoms with E-state index in [0.717, 1.165) is 53.2 Å². The summed E-state index contributed by atoms with van der Waals surface area (Å²) in [5, 5.41) is 1.15. The molecule has 4 heterocycles. The number of hydrogen-bond acceptors (Lipinski definition) is 6. The lowest BCUT2D eigenvalue weighted by Gasteiger charge is -2.42. The van der Waals surface area contributed by atoms with Gasteiger partial charge in [0.2, 0.25) is 5.91 Å². The van der Waals surface area contributed by atoms with Crippen LogP contribution in [0.3, 0.4) is 0 Å². The molecule has 1 unspecified atom stereocenters. The van der Waals surface area contributed by atoms with Crippen molar-refractivity contribution in [3.8, 4) is 0 Å². The number of aromatic nitrogens is 1. The second-order valence-electron chi connectivity index (χ2n) is 11.5. The molecule has 1 aromatic carbocycles. The Balaban J connectivity index is 1.60.